The summed E-state index contributed by atoms with van der Waals surface area (Å²) in [4.78, 5) is 4.62. The van der Waals surface area contributed by atoms with E-state index in [1.165, 1.54) is 24.1 Å². The second kappa shape index (κ2) is 5.99. The third kappa shape index (κ3) is 2.81. The highest BCUT2D eigenvalue weighted by Crippen LogP contribution is 2.34. The maximum absolute atomic E-state index is 5.58. The summed E-state index contributed by atoms with van der Waals surface area (Å²) in [6.45, 7) is 1.45. The van der Waals surface area contributed by atoms with Crippen LogP contribution in [-0.2, 0) is 15.9 Å². The van der Waals surface area contributed by atoms with Gasteiger partial charge in [0, 0.05) is 30.3 Å². The van der Waals surface area contributed by atoms with E-state index >= 15 is 0 Å². The third-order valence-electron chi connectivity index (χ3n) is 4.23. The normalized spacial score (nSPS) is 25.2. The standard InChI is InChI=1S/C15H22N2O2/c1-16-13(10-14-18-8-9-19-14)12-6-2-4-11-5-3-7-17-15(11)12/h3,5,7,12-14,16H,2,4,6,8-10H2,1H3. The second-order valence-corrected chi connectivity index (χ2v) is 5.35. The van der Waals surface area contributed by atoms with E-state index in [1.807, 2.05) is 19.3 Å². The van der Waals surface area contributed by atoms with Crippen LogP contribution in [0.25, 0.3) is 0 Å². The minimum Gasteiger partial charge on any atom is -0.350 e. The summed E-state index contributed by atoms with van der Waals surface area (Å²) in [7, 11) is 2.02. The van der Waals surface area contributed by atoms with E-state index in [4.69, 9.17) is 9.47 Å². The van der Waals surface area contributed by atoms with E-state index in [9.17, 15) is 0 Å². The van der Waals surface area contributed by atoms with Crippen LogP contribution in [0.1, 0.15) is 36.4 Å². The summed E-state index contributed by atoms with van der Waals surface area (Å²) in [6, 6.07) is 4.62. The lowest BCUT2D eigenvalue weighted by Crippen LogP contribution is -2.37. The van der Waals surface area contributed by atoms with Gasteiger partial charge in [0.2, 0.25) is 0 Å². The van der Waals surface area contributed by atoms with Crippen molar-refractivity contribution >= 4 is 0 Å². The molecule has 1 N–H and O–H groups in total. The number of rotatable bonds is 4. The highest BCUT2D eigenvalue weighted by atomic mass is 16.7. The van der Waals surface area contributed by atoms with E-state index in [0.29, 0.717) is 12.0 Å². The van der Waals surface area contributed by atoms with Gasteiger partial charge in [-0.3, -0.25) is 4.98 Å². The van der Waals surface area contributed by atoms with Crippen LogP contribution in [0.4, 0.5) is 0 Å². The van der Waals surface area contributed by atoms with Gasteiger partial charge in [0.1, 0.15) is 0 Å². The quantitative estimate of drug-likeness (QED) is 0.899. The van der Waals surface area contributed by atoms with E-state index in [0.717, 1.165) is 26.1 Å². The number of aryl methyl sites for hydroxylation is 1. The molecule has 0 saturated carbocycles. The first-order valence-electron chi connectivity index (χ1n) is 7.22. The van der Waals surface area contributed by atoms with E-state index < -0.39 is 0 Å². The number of fused-ring (bicyclic) bond motifs is 1. The molecule has 2 heterocycles. The Morgan fingerprint density at radius 1 is 1.42 bits per heavy atom. The summed E-state index contributed by atoms with van der Waals surface area (Å²) in [5, 5.41) is 3.44. The Labute approximate surface area is 114 Å². The molecule has 4 nitrogen and oxygen atoms in total. The molecule has 1 saturated heterocycles. The molecule has 3 rings (SSSR count). The molecule has 0 aromatic carbocycles. The lowest BCUT2D eigenvalue weighted by molar-refractivity contribution is -0.0543. The number of nitrogens with one attached hydrogen (secondary N) is 1. The highest BCUT2D eigenvalue weighted by Gasteiger charge is 2.31. The van der Waals surface area contributed by atoms with Crippen molar-refractivity contribution in [3.8, 4) is 0 Å². The van der Waals surface area contributed by atoms with Crippen LogP contribution in [0, 0.1) is 0 Å². The van der Waals surface area contributed by atoms with Gasteiger partial charge in [0.05, 0.1) is 13.2 Å². The molecule has 1 aliphatic carbocycles. The van der Waals surface area contributed by atoms with Gasteiger partial charge in [0.25, 0.3) is 0 Å². The van der Waals surface area contributed by atoms with Crippen molar-refractivity contribution < 1.29 is 9.47 Å². The molecule has 2 aliphatic rings. The number of pyridine rings is 1. The Balaban J connectivity index is 1.76. The molecule has 1 aromatic rings. The lowest BCUT2D eigenvalue weighted by atomic mass is 9.81. The zero-order valence-corrected chi connectivity index (χ0v) is 11.5. The molecule has 0 bridgehead atoms. The smallest absolute Gasteiger partial charge is 0.159 e. The molecule has 1 fully saturated rings. The molecule has 2 unspecified atom stereocenters. The van der Waals surface area contributed by atoms with Crippen LogP contribution >= 0.6 is 0 Å². The van der Waals surface area contributed by atoms with Gasteiger partial charge in [-0.15, -0.1) is 0 Å². The topological polar surface area (TPSA) is 43.4 Å². The first kappa shape index (κ1) is 13.0. The predicted octanol–water partition coefficient (Wildman–Crippen LogP) is 1.85. The SMILES string of the molecule is CNC(CC1OCCO1)C1CCCc2cccnc21. The maximum Gasteiger partial charge on any atom is 0.159 e. The molecule has 0 spiro atoms. The fourth-order valence-corrected chi connectivity index (χ4v) is 3.27. The zero-order chi connectivity index (χ0) is 13.1. The molecule has 104 valence electrons. The average Bonchev–Trinajstić information content (AvgIpc) is 2.97. The van der Waals surface area contributed by atoms with Crippen molar-refractivity contribution in [3.63, 3.8) is 0 Å². The van der Waals surface area contributed by atoms with E-state index in [2.05, 4.69) is 16.4 Å². The van der Waals surface area contributed by atoms with Gasteiger partial charge in [-0.05, 0) is 37.9 Å². The third-order valence-corrected chi connectivity index (χ3v) is 4.23. The molecule has 0 radical (unpaired) electrons. The van der Waals surface area contributed by atoms with Crippen LogP contribution < -0.4 is 5.32 Å². The van der Waals surface area contributed by atoms with Crippen molar-refractivity contribution in [2.24, 2.45) is 0 Å². The molecular formula is C15H22N2O2. The predicted molar refractivity (Wildman–Crippen MR) is 73.1 cm³/mol. The van der Waals surface area contributed by atoms with Gasteiger partial charge < -0.3 is 14.8 Å². The van der Waals surface area contributed by atoms with Crippen LogP contribution in [0.5, 0.6) is 0 Å². The zero-order valence-electron chi connectivity index (χ0n) is 11.5. The first-order valence-corrected chi connectivity index (χ1v) is 7.22. The monoisotopic (exact) mass is 262 g/mol. The molecule has 0 amide bonds. The average molecular weight is 262 g/mol. The molecular weight excluding hydrogens is 240 g/mol. The molecule has 1 aliphatic heterocycles. The van der Waals surface area contributed by atoms with Crippen molar-refractivity contribution in [1.29, 1.82) is 0 Å². The molecule has 4 heteroatoms. The van der Waals surface area contributed by atoms with Crippen molar-refractivity contribution in [3.05, 3.63) is 29.6 Å². The fraction of sp³-hybridized carbons (Fsp3) is 0.667. The van der Waals surface area contributed by atoms with Crippen LogP contribution in [0.15, 0.2) is 18.3 Å². The van der Waals surface area contributed by atoms with Crippen molar-refractivity contribution in [1.82, 2.24) is 10.3 Å². The number of likely N-dealkylation sites (N-methyl/N-ethyl adjacent to an activating group) is 1. The van der Waals surface area contributed by atoms with Gasteiger partial charge in [-0.1, -0.05) is 6.07 Å². The number of hydrogen-bond donors (Lipinski definition) is 1. The van der Waals surface area contributed by atoms with E-state index in [-0.39, 0.29) is 6.29 Å². The first-order chi connectivity index (χ1) is 9.38. The lowest BCUT2D eigenvalue weighted by Gasteiger charge is -2.32. The molecule has 19 heavy (non-hydrogen) atoms. The van der Waals surface area contributed by atoms with Gasteiger partial charge >= 0.3 is 0 Å². The van der Waals surface area contributed by atoms with Crippen molar-refractivity contribution in [2.45, 2.75) is 43.9 Å². The number of ether oxygens (including phenoxy) is 2. The number of aromatic nitrogens is 1. The highest BCUT2D eigenvalue weighted by molar-refractivity contribution is 5.27. The maximum atomic E-state index is 5.58. The Bertz CT molecular complexity index is 418. The number of nitrogens with zero attached hydrogens (tertiary/aromatic N) is 1. The fourth-order valence-electron chi connectivity index (χ4n) is 3.27. The van der Waals surface area contributed by atoms with Crippen molar-refractivity contribution in [2.75, 3.05) is 20.3 Å². The van der Waals surface area contributed by atoms with Crippen LogP contribution in [-0.4, -0.2) is 37.6 Å². The van der Waals surface area contributed by atoms with Crippen LogP contribution in [0.2, 0.25) is 0 Å². The largest absolute Gasteiger partial charge is 0.350 e. The molecule has 2 atom stereocenters. The minimum atomic E-state index is -0.0495. The van der Waals surface area contributed by atoms with Gasteiger partial charge in [-0.2, -0.15) is 0 Å². The number of hydrogen-bond acceptors (Lipinski definition) is 4. The van der Waals surface area contributed by atoms with Gasteiger partial charge in [0.15, 0.2) is 6.29 Å². The Hall–Kier alpha value is -0.970. The summed E-state index contributed by atoms with van der Waals surface area (Å²) in [5.74, 6) is 0.475. The minimum absolute atomic E-state index is 0.0495. The Morgan fingerprint density at radius 2 is 2.26 bits per heavy atom. The molecule has 1 aromatic heterocycles. The summed E-state index contributed by atoms with van der Waals surface area (Å²) < 4.78 is 11.2. The summed E-state index contributed by atoms with van der Waals surface area (Å²) >= 11 is 0. The van der Waals surface area contributed by atoms with E-state index in [1.54, 1.807) is 0 Å². The Morgan fingerprint density at radius 3 is 3.05 bits per heavy atom. The summed E-state index contributed by atoms with van der Waals surface area (Å²) in [6.07, 6.45) is 6.36. The van der Waals surface area contributed by atoms with Gasteiger partial charge in [-0.25, -0.2) is 0 Å². The Kier molecular flexibility index (Phi) is 4.11. The summed E-state index contributed by atoms with van der Waals surface area (Å²) in [5.41, 5.74) is 2.68. The van der Waals surface area contributed by atoms with Crippen LogP contribution in [0.3, 0.4) is 0 Å². The second-order valence-electron chi connectivity index (χ2n) is 5.35.